The van der Waals surface area contributed by atoms with E-state index >= 15 is 0 Å². The molecule has 16 heavy (non-hydrogen) atoms. The first-order valence-corrected chi connectivity index (χ1v) is 5.40. The number of aromatic nitrogens is 2. The molecule has 0 spiro atoms. The van der Waals surface area contributed by atoms with Crippen molar-refractivity contribution in [2.24, 2.45) is 0 Å². The average Bonchev–Trinajstić information content (AvgIpc) is 2.77. The Morgan fingerprint density at radius 2 is 1.88 bits per heavy atom. The lowest BCUT2D eigenvalue weighted by Crippen LogP contribution is -2.07. The van der Waals surface area contributed by atoms with Crippen LogP contribution in [0, 0.1) is 0 Å². The van der Waals surface area contributed by atoms with Crippen molar-refractivity contribution >= 4 is 17.3 Å². The molecule has 5 heteroatoms. The van der Waals surface area contributed by atoms with E-state index < -0.39 is 0 Å². The van der Waals surface area contributed by atoms with Crippen LogP contribution in [0.15, 0.2) is 28.7 Å². The third kappa shape index (κ3) is 2.17. The Bertz CT molecular complexity index is 464. The molecule has 0 radical (unpaired) electrons. The molecule has 0 N–H and O–H groups in total. The second-order valence-electron chi connectivity index (χ2n) is 3.58. The summed E-state index contributed by atoms with van der Waals surface area (Å²) in [5.74, 6) is 1.18. The summed E-state index contributed by atoms with van der Waals surface area (Å²) >= 11 is 5.59. The maximum Gasteiger partial charge on any atom is 0.247 e. The molecule has 2 rings (SSSR count). The standard InChI is InChI=1S/C11H12ClN3O/c1-15(2)9-5-3-8(4-6-9)11-14-13-10(7-12)16-11/h3-6H,7H2,1-2H3. The molecule has 0 amide bonds. The van der Waals surface area contributed by atoms with Crippen LogP contribution in [0.1, 0.15) is 5.89 Å². The van der Waals surface area contributed by atoms with Crippen molar-refractivity contribution in [3.63, 3.8) is 0 Å². The van der Waals surface area contributed by atoms with Crippen molar-refractivity contribution in [2.45, 2.75) is 5.88 Å². The van der Waals surface area contributed by atoms with Crippen molar-refractivity contribution in [3.8, 4) is 11.5 Å². The Balaban J connectivity index is 2.27. The minimum Gasteiger partial charge on any atom is -0.419 e. The number of benzene rings is 1. The number of nitrogens with zero attached hydrogens (tertiary/aromatic N) is 3. The molecule has 0 bridgehead atoms. The predicted molar refractivity (Wildman–Crippen MR) is 63.6 cm³/mol. The van der Waals surface area contributed by atoms with Gasteiger partial charge in [0.05, 0.1) is 0 Å². The van der Waals surface area contributed by atoms with Gasteiger partial charge in [0.15, 0.2) is 0 Å². The van der Waals surface area contributed by atoms with Crippen LogP contribution in [0.2, 0.25) is 0 Å². The number of halogens is 1. The summed E-state index contributed by atoms with van der Waals surface area (Å²) in [6, 6.07) is 7.89. The number of hydrogen-bond acceptors (Lipinski definition) is 4. The van der Waals surface area contributed by atoms with Gasteiger partial charge >= 0.3 is 0 Å². The van der Waals surface area contributed by atoms with E-state index in [0.717, 1.165) is 11.3 Å². The molecule has 0 saturated heterocycles. The minimum absolute atomic E-state index is 0.239. The number of rotatable bonds is 3. The smallest absolute Gasteiger partial charge is 0.247 e. The quantitative estimate of drug-likeness (QED) is 0.770. The molecule has 0 fully saturated rings. The first-order valence-electron chi connectivity index (χ1n) is 4.87. The fourth-order valence-corrected chi connectivity index (χ4v) is 1.43. The average molecular weight is 238 g/mol. The molecule has 0 atom stereocenters. The molecule has 0 unspecified atom stereocenters. The van der Waals surface area contributed by atoms with Gasteiger partial charge in [0, 0.05) is 25.3 Å². The van der Waals surface area contributed by atoms with E-state index in [1.807, 2.05) is 43.3 Å². The summed E-state index contributed by atoms with van der Waals surface area (Å²) < 4.78 is 5.35. The maximum atomic E-state index is 5.59. The van der Waals surface area contributed by atoms with Crippen molar-refractivity contribution in [1.82, 2.24) is 10.2 Å². The van der Waals surface area contributed by atoms with E-state index in [0.29, 0.717) is 11.8 Å². The van der Waals surface area contributed by atoms with Crippen LogP contribution in [0.3, 0.4) is 0 Å². The Labute approximate surface area is 98.8 Å². The Morgan fingerprint density at radius 3 is 2.38 bits per heavy atom. The van der Waals surface area contributed by atoms with E-state index in [1.54, 1.807) is 0 Å². The zero-order valence-corrected chi connectivity index (χ0v) is 9.90. The lowest BCUT2D eigenvalue weighted by Gasteiger charge is -2.11. The summed E-state index contributed by atoms with van der Waals surface area (Å²) in [5.41, 5.74) is 2.02. The molecule has 2 aromatic rings. The van der Waals surface area contributed by atoms with Crippen LogP contribution in [-0.4, -0.2) is 24.3 Å². The van der Waals surface area contributed by atoms with Crippen molar-refractivity contribution < 1.29 is 4.42 Å². The molecule has 1 aromatic heterocycles. The topological polar surface area (TPSA) is 42.2 Å². The van der Waals surface area contributed by atoms with E-state index in [2.05, 4.69) is 10.2 Å². The molecule has 0 aliphatic heterocycles. The summed E-state index contributed by atoms with van der Waals surface area (Å²) in [6.07, 6.45) is 0. The number of alkyl halides is 1. The highest BCUT2D eigenvalue weighted by Crippen LogP contribution is 2.21. The molecular formula is C11H12ClN3O. The van der Waals surface area contributed by atoms with Crippen LogP contribution >= 0.6 is 11.6 Å². The Hall–Kier alpha value is -1.55. The highest BCUT2D eigenvalue weighted by molar-refractivity contribution is 6.16. The third-order valence-corrected chi connectivity index (χ3v) is 2.44. The molecule has 84 valence electrons. The molecular weight excluding hydrogens is 226 g/mol. The fourth-order valence-electron chi connectivity index (χ4n) is 1.33. The molecule has 0 aliphatic rings. The van der Waals surface area contributed by atoms with E-state index in [9.17, 15) is 0 Å². The van der Waals surface area contributed by atoms with Crippen LogP contribution in [-0.2, 0) is 5.88 Å². The van der Waals surface area contributed by atoms with Crippen molar-refractivity contribution in [1.29, 1.82) is 0 Å². The molecule has 0 saturated carbocycles. The van der Waals surface area contributed by atoms with Gasteiger partial charge in [-0.1, -0.05) is 0 Å². The summed E-state index contributed by atoms with van der Waals surface area (Å²) in [6.45, 7) is 0. The number of anilines is 1. The van der Waals surface area contributed by atoms with Crippen molar-refractivity contribution in [2.75, 3.05) is 19.0 Å². The summed E-state index contributed by atoms with van der Waals surface area (Å²) in [5, 5.41) is 7.73. The fraction of sp³-hybridized carbons (Fsp3) is 0.273. The summed E-state index contributed by atoms with van der Waals surface area (Å²) in [4.78, 5) is 2.03. The van der Waals surface area contributed by atoms with Crippen LogP contribution in [0.5, 0.6) is 0 Å². The van der Waals surface area contributed by atoms with Crippen LogP contribution in [0.25, 0.3) is 11.5 Å². The second-order valence-corrected chi connectivity index (χ2v) is 3.84. The molecule has 0 aliphatic carbocycles. The maximum absolute atomic E-state index is 5.59. The predicted octanol–water partition coefficient (Wildman–Crippen LogP) is 2.54. The highest BCUT2D eigenvalue weighted by atomic mass is 35.5. The van der Waals surface area contributed by atoms with Gasteiger partial charge in [-0.2, -0.15) is 0 Å². The second kappa shape index (κ2) is 4.53. The lowest BCUT2D eigenvalue weighted by molar-refractivity contribution is 0.527. The van der Waals surface area contributed by atoms with Gasteiger partial charge < -0.3 is 9.32 Å². The molecule has 1 heterocycles. The van der Waals surface area contributed by atoms with Gasteiger partial charge in [-0.3, -0.25) is 0 Å². The van der Waals surface area contributed by atoms with Gasteiger partial charge in [-0.15, -0.1) is 21.8 Å². The highest BCUT2D eigenvalue weighted by Gasteiger charge is 2.07. The zero-order valence-electron chi connectivity index (χ0n) is 9.14. The first-order chi connectivity index (χ1) is 7.70. The van der Waals surface area contributed by atoms with Crippen LogP contribution < -0.4 is 4.90 Å². The first kappa shape index (κ1) is 11.0. The molecule has 1 aromatic carbocycles. The lowest BCUT2D eigenvalue weighted by atomic mass is 10.2. The number of hydrogen-bond donors (Lipinski definition) is 0. The normalized spacial score (nSPS) is 10.4. The van der Waals surface area contributed by atoms with E-state index in [1.165, 1.54) is 0 Å². The van der Waals surface area contributed by atoms with Gasteiger partial charge in [0.2, 0.25) is 11.8 Å². The monoisotopic (exact) mass is 237 g/mol. The minimum atomic E-state index is 0.239. The van der Waals surface area contributed by atoms with Crippen molar-refractivity contribution in [3.05, 3.63) is 30.2 Å². The van der Waals surface area contributed by atoms with Gasteiger partial charge in [-0.25, -0.2) is 0 Å². The largest absolute Gasteiger partial charge is 0.419 e. The third-order valence-electron chi connectivity index (χ3n) is 2.21. The van der Waals surface area contributed by atoms with Gasteiger partial charge in [0.1, 0.15) is 5.88 Å². The van der Waals surface area contributed by atoms with Gasteiger partial charge in [-0.05, 0) is 24.3 Å². The SMILES string of the molecule is CN(C)c1ccc(-c2nnc(CCl)o2)cc1. The zero-order chi connectivity index (χ0) is 11.5. The van der Waals surface area contributed by atoms with E-state index in [4.69, 9.17) is 16.0 Å². The Morgan fingerprint density at radius 1 is 1.19 bits per heavy atom. The van der Waals surface area contributed by atoms with Gasteiger partial charge in [0.25, 0.3) is 0 Å². The van der Waals surface area contributed by atoms with E-state index in [-0.39, 0.29) is 5.88 Å². The van der Waals surface area contributed by atoms with Crippen LogP contribution in [0.4, 0.5) is 5.69 Å². The molecule has 4 nitrogen and oxygen atoms in total. The summed E-state index contributed by atoms with van der Waals surface area (Å²) in [7, 11) is 3.99. The Kier molecular flexibility index (Phi) is 3.10.